The van der Waals surface area contributed by atoms with Crippen molar-refractivity contribution in [2.75, 3.05) is 23.3 Å². The molecule has 1 aliphatic heterocycles. The number of anilines is 2. The Morgan fingerprint density at radius 2 is 1.85 bits per heavy atom. The van der Waals surface area contributed by atoms with Crippen LogP contribution in [0, 0.1) is 0 Å². The molecule has 2 aromatic rings. The van der Waals surface area contributed by atoms with Gasteiger partial charge in [-0.2, -0.15) is 0 Å². The van der Waals surface area contributed by atoms with Crippen molar-refractivity contribution >= 4 is 11.4 Å². The van der Waals surface area contributed by atoms with Crippen LogP contribution >= 0.6 is 0 Å². The second-order valence-electron chi connectivity index (χ2n) is 5.39. The quantitative estimate of drug-likeness (QED) is 0.912. The van der Waals surface area contributed by atoms with Gasteiger partial charge in [-0.25, -0.2) is 0 Å². The molecule has 0 saturated carbocycles. The Morgan fingerprint density at radius 3 is 2.50 bits per heavy atom. The highest BCUT2D eigenvalue weighted by molar-refractivity contribution is 5.56. The van der Waals surface area contributed by atoms with Crippen LogP contribution in [-0.2, 0) is 0 Å². The number of nitrogens with one attached hydrogen (secondary N) is 1. The average Bonchev–Trinajstić information content (AvgIpc) is 3.03. The summed E-state index contributed by atoms with van der Waals surface area (Å²) in [6, 6.07) is 13.1. The fourth-order valence-electron chi connectivity index (χ4n) is 2.71. The van der Waals surface area contributed by atoms with E-state index in [0.29, 0.717) is 0 Å². The molecule has 3 nitrogen and oxygen atoms in total. The Labute approximate surface area is 120 Å². The zero-order valence-electron chi connectivity index (χ0n) is 11.9. The topological polar surface area (TPSA) is 28.2 Å². The molecule has 0 radical (unpaired) electrons. The molecule has 3 heteroatoms. The molecule has 3 rings (SSSR count). The maximum Gasteiger partial charge on any atom is 0.0500 e. The van der Waals surface area contributed by atoms with Crippen molar-refractivity contribution in [2.45, 2.75) is 25.8 Å². The zero-order chi connectivity index (χ0) is 13.8. The number of pyridine rings is 1. The van der Waals surface area contributed by atoms with Gasteiger partial charge in [-0.05, 0) is 55.7 Å². The van der Waals surface area contributed by atoms with Crippen LogP contribution in [0.2, 0.25) is 0 Å². The van der Waals surface area contributed by atoms with Crippen molar-refractivity contribution in [1.29, 1.82) is 0 Å². The highest BCUT2D eigenvalue weighted by Crippen LogP contribution is 2.24. The van der Waals surface area contributed by atoms with Gasteiger partial charge in [0.25, 0.3) is 0 Å². The molecule has 1 N–H and O–H groups in total. The van der Waals surface area contributed by atoms with Crippen LogP contribution < -0.4 is 10.2 Å². The number of nitrogens with zero attached hydrogens (tertiary/aromatic N) is 2. The lowest BCUT2D eigenvalue weighted by Crippen LogP contribution is -2.17. The molecule has 2 heterocycles. The lowest BCUT2D eigenvalue weighted by molar-refractivity contribution is 0.875. The molecular weight excluding hydrogens is 246 g/mol. The van der Waals surface area contributed by atoms with Crippen LogP contribution in [0.1, 0.15) is 31.4 Å². The Bertz CT molecular complexity index is 530. The maximum atomic E-state index is 4.17. The van der Waals surface area contributed by atoms with Gasteiger partial charge in [-0.15, -0.1) is 0 Å². The largest absolute Gasteiger partial charge is 0.378 e. The van der Waals surface area contributed by atoms with Gasteiger partial charge in [0.15, 0.2) is 0 Å². The summed E-state index contributed by atoms with van der Waals surface area (Å²) in [7, 11) is 0. The van der Waals surface area contributed by atoms with Crippen LogP contribution in [0.5, 0.6) is 0 Å². The first-order valence-corrected chi connectivity index (χ1v) is 7.34. The number of hydrogen-bond donors (Lipinski definition) is 1. The van der Waals surface area contributed by atoms with Crippen molar-refractivity contribution in [1.82, 2.24) is 4.98 Å². The second kappa shape index (κ2) is 5.95. The molecule has 1 aromatic heterocycles. The zero-order valence-corrected chi connectivity index (χ0v) is 11.9. The smallest absolute Gasteiger partial charge is 0.0500 e. The van der Waals surface area contributed by atoms with Gasteiger partial charge >= 0.3 is 0 Å². The van der Waals surface area contributed by atoms with E-state index in [0.717, 1.165) is 5.69 Å². The van der Waals surface area contributed by atoms with Crippen molar-refractivity contribution in [2.24, 2.45) is 0 Å². The van der Waals surface area contributed by atoms with Crippen molar-refractivity contribution in [3.05, 3.63) is 54.4 Å². The molecule has 104 valence electrons. The summed E-state index contributed by atoms with van der Waals surface area (Å²) >= 11 is 0. The molecule has 0 bridgehead atoms. The fourth-order valence-corrected chi connectivity index (χ4v) is 2.71. The van der Waals surface area contributed by atoms with Gasteiger partial charge in [0.2, 0.25) is 0 Å². The van der Waals surface area contributed by atoms with Gasteiger partial charge in [-0.3, -0.25) is 4.98 Å². The van der Waals surface area contributed by atoms with Crippen molar-refractivity contribution < 1.29 is 0 Å². The van der Waals surface area contributed by atoms with Crippen LogP contribution in [0.4, 0.5) is 11.4 Å². The molecule has 1 atom stereocenters. The summed E-state index contributed by atoms with van der Waals surface area (Å²) < 4.78 is 0. The fraction of sp³-hybridized carbons (Fsp3) is 0.353. The lowest BCUT2D eigenvalue weighted by Gasteiger charge is -2.19. The van der Waals surface area contributed by atoms with Crippen molar-refractivity contribution in [3.63, 3.8) is 0 Å². The van der Waals surface area contributed by atoms with Gasteiger partial charge in [0, 0.05) is 36.9 Å². The SMILES string of the molecule is CC(Nc1ccc(N2CCCC2)cc1)c1cccnc1. The van der Waals surface area contributed by atoms with Crippen LogP contribution in [-0.4, -0.2) is 18.1 Å². The van der Waals surface area contributed by atoms with E-state index in [1.165, 1.54) is 37.2 Å². The summed E-state index contributed by atoms with van der Waals surface area (Å²) in [5, 5.41) is 3.52. The van der Waals surface area contributed by atoms with Crippen molar-refractivity contribution in [3.8, 4) is 0 Å². The monoisotopic (exact) mass is 267 g/mol. The summed E-state index contributed by atoms with van der Waals surface area (Å²) in [4.78, 5) is 6.62. The average molecular weight is 267 g/mol. The van der Waals surface area contributed by atoms with Gasteiger partial charge in [0.1, 0.15) is 0 Å². The summed E-state index contributed by atoms with van der Waals surface area (Å²) in [6.07, 6.45) is 6.35. The van der Waals surface area contributed by atoms with E-state index in [1.54, 1.807) is 6.20 Å². The van der Waals surface area contributed by atoms with Crippen LogP contribution in [0.15, 0.2) is 48.8 Å². The maximum absolute atomic E-state index is 4.17. The first-order chi connectivity index (χ1) is 9.83. The molecule has 0 aliphatic carbocycles. The Kier molecular flexibility index (Phi) is 3.86. The minimum atomic E-state index is 0.265. The van der Waals surface area contributed by atoms with Gasteiger partial charge in [-0.1, -0.05) is 6.07 Å². The number of benzene rings is 1. The molecule has 1 unspecified atom stereocenters. The summed E-state index contributed by atoms with van der Waals surface area (Å²) in [5.41, 5.74) is 3.70. The first-order valence-electron chi connectivity index (χ1n) is 7.34. The van der Waals surface area contributed by atoms with Crippen LogP contribution in [0.3, 0.4) is 0 Å². The van der Waals surface area contributed by atoms with E-state index < -0.39 is 0 Å². The Morgan fingerprint density at radius 1 is 1.10 bits per heavy atom. The predicted octanol–water partition coefficient (Wildman–Crippen LogP) is 3.85. The molecule has 1 saturated heterocycles. The number of rotatable bonds is 4. The predicted molar refractivity (Wildman–Crippen MR) is 84.2 cm³/mol. The van der Waals surface area contributed by atoms with Crippen LogP contribution in [0.25, 0.3) is 0 Å². The standard InChI is InChI=1S/C17H21N3/c1-14(15-5-4-10-18-13-15)19-16-6-8-17(9-7-16)20-11-2-3-12-20/h4-10,13-14,19H,2-3,11-12H2,1H3. The van der Waals surface area contributed by atoms with Gasteiger partial charge < -0.3 is 10.2 Å². The number of hydrogen-bond acceptors (Lipinski definition) is 3. The second-order valence-corrected chi connectivity index (χ2v) is 5.39. The molecule has 20 heavy (non-hydrogen) atoms. The Hall–Kier alpha value is -2.03. The highest BCUT2D eigenvalue weighted by Gasteiger charge is 2.12. The van der Waals surface area contributed by atoms with E-state index in [-0.39, 0.29) is 6.04 Å². The Balaban J connectivity index is 1.66. The minimum Gasteiger partial charge on any atom is -0.378 e. The molecule has 0 spiro atoms. The molecule has 1 fully saturated rings. The summed E-state index contributed by atoms with van der Waals surface area (Å²) in [6.45, 7) is 4.54. The summed E-state index contributed by atoms with van der Waals surface area (Å²) in [5.74, 6) is 0. The first kappa shape index (κ1) is 13.0. The third-order valence-electron chi connectivity index (χ3n) is 3.91. The van der Waals surface area contributed by atoms with E-state index in [1.807, 2.05) is 12.3 Å². The van der Waals surface area contributed by atoms with Gasteiger partial charge in [0.05, 0.1) is 6.04 Å². The molecular formula is C17H21N3. The third kappa shape index (κ3) is 2.93. The lowest BCUT2D eigenvalue weighted by atomic mass is 10.1. The van der Waals surface area contributed by atoms with E-state index in [2.05, 4.69) is 52.5 Å². The highest BCUT2D eigenvalue weighted by atomic mass is 15.1. The van der Waals surface area contributed by atoms with E-state index in [9.17, 15) is 0 Å². The number of aromatic nitrogens is 1. The molecule has 1 aromatic carbocycles. The molecule has 1 aliphatic rings. The normalized spacial score (nSPS) is 16.1. The van der Waals surface area contributed by atoms with E-state index >= 15 is 0 Å². The van der Waals surface area contributed by atoms with E-state index in [4.69, 9.17) is 0 Å². The minimum absolute atomic E-state index is 0.265. The molecule has 0 amide bonds. The third-order valence-corrected chi connectivity index (χ3v) is 3.91.